The first-order valence-corrected chi connectivity index (χ1v) is 15.3. The van der Waals surface area contributed by atoms with Gasteiger partial charge in [0.1, 0.15) is 17.4 Å². The normalized spacial score (nSPS) is 19.5. The van der Waals surface area contributed by atoms with Crippen molar-refractivity contribution in [3.8, 4) is 11.6 Å². The molecule has 3 aliphatic rings. The first-order valence-electron chi connectivity index (χ1n) is 15.3. The number of aromatic nitrogens is 2. The van der Waals surface area contributed by atoms with Gasteiger partial charge in [-0.15, -0.1) is 0 Å². The Morgan fingerprint density at radius 2 is 1.25 bits per heavy atom. The maximum atomic E-state index is 15.3. The number of ether oxygens (including phenoxy) is 1. The second kappa shape index (κ2) is 9.50. The highest BCUT2D eigenvalue weighted by atomic mass is 19.4. The van der Waals surface area contributed by atoms with Crippen molar-refractivity contribution in [1.29, 1.82) is 0 Å². The van der Waals surface area contributed by atoms with Crippen LogP contribution in [0, 0.1) is 6.92 Å². The van der Waals surface area contributed by atoms with Crippen LogP contribution in [0.5, 0.6) is 11.6 Å². The van der Waals surface area contributed by atoms with Crippen LogP contribution in [0.25, 0.3) is 0 Å². The number of alkyl halides is 8. The summed E-state index contributed by atoms with van der Waals surface area (Å²) in [5.41, 5.74) is -0.556. The molecule has 13 heteroatoms. The van der Waals surface area contributed by atoms with E-state index in [2.05, 4.69) is 30.7 Å². The quantitative estimate of drug-likeness (QED) is 0.130. The van der Waals surface area contributed by atoms with Crippen LogP contribution in [0.2, 0.25) is 0 Å². The SMILES string of the molecule is Cc1nc2c3c(n1)N(c1ccc4c(c1)C(F)(F)C(F)(F)C(F)(F)C4(F)F)c1cc(C(C)(C)C)ccc1B3c1cc(C(C)(C)C)ccc1O2. The molecule has 0 unspecified atom stereocenters. The Morgan fingerprint density at radius 3 is 1.88 bits per heavy atom. The number of nitrogens with zero attached hydrogens (tertiary/aromatic N) is 3. The van der Waals surface area contributed by atoms with E-state index in [0.717, 1.165) is 22.7 Å². The molecule has 1 aromatic heterocycles. The lowest BCUT2D eigenvalue weighted by Crippen LogP contribution is -2.63. The van der Waals surface area contributed by atoms with Gasteiger partial charge in [-0.3, -0.25) is 4.90 Å². The number of aryl methyl sites for hydroxylation is 1. The van der Waals surface area contributed by atoms with Gasteiger partial charge in [0.15, 0.2) is 0 Å². The van der Waals surface area contributed by atoms with Crippen molar-refractivity contribution in [2.45, 2.75) is 83.0 Å². The molecule has 4 aromatic rings. The summed E-state index contributed by atoms with van der Waals surface area (Å²) in [5, 5.41) is 0. The highest BCUT2D eigenvalue weighted by Crippen LogP contribution is 2.65. The Morgan fingerprint density at radius 1 is 0.667 bits per heavy atom. The maximum absolute atomic E-state index is 15.3. The summed E-state index contributed by atoms with van der Waals surface area (Å²) in [5.74, 6) is -22.9. The Kier molecular flexibility index (Phi) is 6.41. The average Bonchev–Trinajstić information content (AvgIpc) is 2.98. The third kappa shape index (κ3) is 4.14. The van der Waals surface area contributed by atoms with Crippen LogP contribution in [0.15, 0.2) is 54.6 Å². The smallest absolute Gasteiger partial charge is 0.382 e. The number of hydrogen-bond acceptors (Lipinski definition) is 4. The van der Waals surface area contributed by atoms with Gasteiger partial charge < -0.3 is 4.74 Å². The molecule has 48 heavy (non-hydrogen) atoms. The summed E-state index contributed by atoms with van der Waals surface area (Å²) >= 11 is 0. The molecule has 3 aromatic carbocycles. The molecule has 0 saturated carbocycles. The molecule has 0 spiro atoms. The number of rotatable bonds is 1. The molecular formula is C35H30BF8N3O. The number of anilines is 3. The summed E-state index contributed by atoms with van der Waals surface area (Å²) in [6.07, 6.45) is 0. The van der Waals surface area contributed by atoms with Crippen molar-refractivity contribution in [3.63, 3.8) is 0 Å². The summed E-state index contributed by atoms with van der Waals surface area (Å²) in [6, 6.07) is 13.2. The number of hydrogen-bond donors (Lipinski definition) is 0. The summed E-state index contributed by atoms with van der Waals surface area (Å²) < 4.78 is 125. The van der Waals surface area contributed by atoms with E-state index in [1.54, 1.807) is 6.92 Å². The average molecular weight is 671 g/mol. The summed E-state index contributed by atoms with van der Waals surface area (Å²) in [7, 11) is 0. The van der Waals surface area contributed by atoms with E-state index < -0.39 is 46.9 Å². The molecule has 250 valence electrons. The molecule has 2 aliphatic heterocycles. The predicted octanol–water partition coefficient (Wildman–Crippen LogP) is 8.25. The van der Waals surface area contributed by atoms with Crippen molar-refractivity contribution in [1.82, 2.24) is 9.97 Å². The molecular weight excluding hydrogens is 641 g/mol. The van der Waals surface area contributed by atoms with E-state index in [9.17, 15) is 26.3 Å². The highest BCUT2D eigenvalue weighted by Gasteiger charge is 2.85. The van der Waals surface area contributed by atoms with Gasteiger partial charge in [-0.25, -0.2) is 4.98 Å². The third-order valence-corrected chi connectivity index (χ3v) is 9.47. The van der Waals surface area contributed by atoms with Crippen LogP contribution in [0.4, 0.5) is 52.3 Å². The first-order chi connectivity index (χ1) is 22.0. The van der Waals surface area contributed by atoms with E-state index in [4.69, 9.17) is 4.74 Å². The molecule has 0 radical (unpaired) electrons. The van der Waals surface area contributed by atoms with Crippen molar-refractivity contribution >= 4 is 40.3 Å². The largest absolute Gasteiger partial charge is 0.440 e. The molecule has 0 N–H and O–H groups in total. The van der Waals surface area contributed by atoms with Crippen LogP contribution in [-0.4, -0.2) is 28.5 Å². The molecule has 0 atom stereocenters. The van der Waals surface area contributed by atoms with E-state index >= 15 is 8.78 Å². The van der Waals surface area contributed by atoms with E-state index in [1.807, 2.05) is 57.2 Å². The Hall–Kier alpha value is -4.16. The third-order valence-electron chi connectivity index (χ3n) is 9.47. The van der Waals surface area contributed by atoms with Gasteiger partial charge in [-0.05, 0) is 64.1 Å². The zero-order chi connectivity index (χ0) is 35.1. The van der Waals surface area contributed by atoms with Crippen LogP contribution in [-0.2, 0) is 22.7 Å². The minimum Gasteiger partial charge on any atom is -0.440 e. The lowest BCUT2D eigenvalue weighted by atomic mass is 9.34. The van der Waals surface area contributed by atoms with Gasteiger partial charge in [0.05, 0.1) is 0 Å². The van der Waals surface area contributed by atoms with Gasteiger partial charge in [-0.1, -0.05) is 71.9 Å². The van der Waals surface area contributed by atoms with Gasteiger partial charge in [-0.2, -0.15) is 40.1 Å². The molecule has 4 nitrogen and oxygen atoms in total. The fourth-order valence-electron chi connectivity index (χ4n) is 6.72. The minimum absolute atomic E-state index is 0.149. The molecule has 0 amide bonds. The number of halogens is 8. The lowest BCUT2D eigenvalue weighted by Gasteiger charge is -2.43. The molecule has 0 bridgehead atoms. The second-order valence-corrected chi connectivity index (χ2v) is 14.7. The van der Waals surface area contributed by atoms with Gasteiger partial charge in [0.25, 0.3) is 6.71 Å². The van der Waals surface area contributed by atoms with Gasteiger partial charge in [0, 0.05) is 28.0 Å². The molecule has 1 aliphatic carbocycles. The molecule has 3 heterocycles. The van der Waals surface area contributed by atoms with E-state index in [-0.39, 0.29) is 28.6 Å². The molecule has 7 rings (SSSR count). The monoisotopic (exact) mass is 671 g/mol. The van der Waals surface area contributed by atoms with E-state index in [1.165, 1.54) is 4.90 Å². The zero-order valence-electron chi connectivity index (χ0n) is 27.0. The number of fused-ring (bicyclic) bond motifs is 5. The topological polar surface area (TPSA) is 38.2 Å². The van der Waals surface area contributed by atoms with Gasteiger partial charge >= 0.3 is 23.7 Å². The van der Waals surface area contributed by atoms with Crippen LogP contribution in [0.3, 0.4) is 0 Å². The van der Waals surface area contributed by atoms with Crippen molar-refractivity contribution in [3.05, 3.63) is 82.7 Å². The van der Waals surface area contributed by atoms with Crippen molar-refractivity contribution < 1.29 is 39.9 Å². The predicted molar refractivity (Wildman–Crippen MR) is 168 cm³/mol. The Bertz CT molecular complexity index is 2030. The lowest BCUT2D eigenvalue weighted by molar-refractivity contribution is -0.386. The molecule has 0 fully saturated rings. The zero-order valence-corrected chi connectivity index (χ0v) is 27.0. The van der Waals surface area contributed by atoms with Gasteiger partial charge in [0.2, 0.25) is 5.88 Å². The van der Waals surface area contributed by atoms with Crippen molar-refractivity contribution in [2.24, 2.45) is 0 Å². The van der Waals surface area contributed by atoms with E-state index in [0.29, 0.717) is 34.5 Å². The van der Waals surface area contributed by atoms with Crippen LogP contribution >= 0.6 is 0 Å². The van der Waals surface area contributed by atoms with Crippen molar-refractivity contribution in [2.75, 3.05) is 4.90 Å². The summed E-state index contributed by atoms with van der Waals surface area (Å²) in [6.45, 7) is 13.1. The molecule has 0 saturated heterocycles. The minimum atomic E-state index is -6.38. The first kappa shape index (κ1) is 32.4. The highest BCUT2D eigenvalue weighted by molar-refractivity contribution is 6.99. The standard InChI is InChI=1S/C35H30BF8N3O/c1-17-45-28-27-29(46-17)48-26-13-9-18(30(2,3)4)14-24(26)36(27)23-12-8-19(31(5,6)7)15-25(23)47(28)20-10-11-21-22(16-20)33(39,40)35(43,44)34(41,42)32(21,37)38/h8-16H,1-7H3. The van der Waals surface area contributed by atoms with Crippen LogP contribution < -0.4 is 26.0 Å². The van der Waals surface area contributed by atoms with Crippen LogP contribution in [0.1, 0.15) is 69.6 Å². The fraction of sp³-hybridized carbons (Fsp3) is 0.371. The Labute approximate surface area is 272 Å². The summed E-state index contributed by atoms with van der Waals surface area (Å²) in [4.78, 5) is 10.6. The number of benzene rings is 3. The fourth-order valence-corrected chi connectivity index (χ4v) is 6.72. The second-order valence-electron chi connectivity index (χ2n) is 14.7. The maximum Gasteiger partial charge on any atom is 0.382 e. The Balaban J connectivity index is 1.54.